The number of hydrogen-bond donors (Lipinski definition) is 2. The van der Waals surface area contributed by atoms with Crippen LogP contribution in [-0.4, -0.2) is 25.9 Å². The summed E-state index contributed by atoms with van der Waals surface area (Å²) in [5.41, 5.74) is 0.797. The maximum absolute atomic E-state index is 10.8. The van der Waals surface area contributed by atoms with Crippen LogP contribution in [-0.2, 0) is 5.60 Å². The first-order valence-electron chi connectivity index (χ1n) is 8.03. The molecule has 132 valence electrons. The van der Waals surface area contributed by atoms with Crippen LogP contribution in [0.2, 0.25) is 0 Å². The molecule has 0 aliphatic carbocycles. The van der Waals surface area contributed by atoms with E-state index in [1.54, 1.807) is 21.1 Å². The SMILES string of the molecule is COc1ccc(C(C)NCC(C)(O)c2cc(C)oc2C)c(OC)c1. The molecule has 0 bridgehead atoms. The number of aryl methyl sites for hydroxylation is 2. The molecular weight excluding hydrogens is 306 g/mol. The van der Waals surface area contributed by atoms with E-state index >= 15 is 0 Å². The number of benzene rings is 1. The minimum atomic E-state index is -1.02. The third-order valence-electron chi connectivity index (χ3n) is 4.28. The smallest absolute Gasteiger partial charge is 0.127 e. The largest absolute Gasteiger partial charge is 0.497 e. The molecule has 2 aromatic rings. The summed E-state index contributed by atoms with van der Waals surface area (Å²) in [6.45, 7) is 7.96. The van der Waals surface area contributed by atoms with Gasteiger partial charge in [-0.1, -0.05) is 6.07 Å². The fourth-order valence-electron chi connectivity index (χ4n) is 2.90. The molecule has 24 heavy (non-hydrogen) atoms. The van der Waals surface area contributed by atoms with E-state index < -0.39 is 5.60 Å². The van der Waals surface area contributed by atoms with Crippen molar-refractivity contribution in [1.29, 1.82) is 0 Å². The minimum absolute atomic E-state index is 0.00522. The van der Waals surface area contributed by atoms with Gasteiger partial charge in [-0.25, -0.2) is 0 Å². The molecular formula is C19H27NO4. The number of hydrogen-bond acceptors (Lipinski definition) is 5. The van der Waals surface area contributed by atoms with Crippen molar-refractivity contribution in [3.05, 3.63) is 46.9 Å². The van der Waals surface area contributed by atoms with Crippen LogP contribution in [0.5, 0.6) is 11.5 Å². The molecule has 0 amide bonds. The van der Waals surface area contributed by atoms with E-state index in [0.29, 0.717) is 6.54 Å². The van der Waals surface area contributed by atoms with Crippen LogP contribution in [0.15, 0.2) is 28.7 Å². The molecule has 1 heterocycles. The molecule has 0 radical (unpaired) electrons. The fraction of sp³-hybridized carbons (Fsp3) is 0.474. The van der Waals surface area contributed by atoms with Crippen LogP contribution in [0.1, 0.15) is 42.5 Å². The fourth-order valence-corrected chi connectivity index (χ4v) is 2.90. The van der Waals surface area contributed by atoms with Gasteiger partial charge in [0, 0.05) is 29.8 Å². The molecule has 0 spiro atoms. The highest BCUT2D eigenvalue weighted by atomic mass is 16.5. The molecule has 0 saturated carbocycles. The van der Waals surface area contributed by atoms with Gasteiger partial charge >= 0.3 is 0 Å². The second-order valence-electron chi connectivity index (χ2n) is 6.31. The Hall–Kier alpha value is -1.98. The molecule has 0 aliphatic heterocycles. The van der Waals surface area contributed by atoms with Gasteiger partial charge in [-0.05, 0) is 39.8 Å². The monoisotopic (exact) mass is 333 g/mol. The number of rotatable bonds is 7. The number of nitrogens with one attached hydrogen (secondary N) is 1. The van der Waals surface area contributed by atoms with E-state index in [2.05, 4.69) is 5.32 Å². The van der Waals surface area contributed by atoms with E-state index in [9.17, 15) is 5.11 Å². The summed E-state index contributed by atoms with van der Waals surface area (Å²) in [7, 11) is 3.27. The highest BCUT2D eigenvalue weighted by molar-refractivity contribution is 5.42. The topological polar surface area (TPSA) is 63.9 Å². The summed E-state index contributed by atoms with van der Waals surface area (Å²) in [4.78, 5) is 0. The number of methoxy groups -OCH3 is 2. The van der Waals surface area contributed by atoms with Crippen molar-refractivity contribution in [2.45, 2.75) is 39.3 Å². The van der Waals surface area contributed by atoms with Crippen LogP contribution >= 0.6 is 0 Å². The molecule has 0 fully saturated rings. The van der Waals surface area contributed by atoms with E-state index in [1.807, 2.05) is 45.0 Å². The Morgan fingerprint density at radius 1 is 1.21 bits per heavy atom. The quantitative estimate of drug-likeness (QED) is 0.812. The van der Waals surface area contributed by atoms with Crippen molar-refractivity contribution in [3.63, 3.8) is 0 Å². The van der Waals surface area contributed by atoms with Gasteiger partial charge in [0.1, 0.15) is 28.6 Å². The van der Waals surface area contributed by atoms with Crippen molar-refractivity contribution < 1.29 is 19.0 Å². The third kappa shape index (κ3) is 3.91. The Morgan fingerprint density at radius 3 is 2.46 bits per heavy atom. The summed E-state index contributed by atoms with van der Waals surface area (Å²) in [5, 5.41) is 14.2. The molecule has 2 rings (SSSR count). The summed E-state index contributed by atoms with van der Waals surface area (Å²) in [6, 6.07) is 7.62. The summed E-state index contributed by atoms with van der Waals surface area (Å²) >= 11 is 0. The molecule has 2 atom stereocenters. The van der Waals surface area contributed by atoms with E-state index in [0.717, 1.165) is 34.1 Å². The zero-order valence-corrected chi connectivity index (χ0v) is 15.3. The summed E-state index contributed by atoms with van der Waals surface area (Å²) in [5.74, 6) is 3.05. The lowest BCUT2D eigenvalue weighted by molar-refractivity contribution is 0.0528. The second-order valence-corrected chi connectivity index (χ2v) is 6.31. The second kappa shape index (κ2) is 7.28. The number of aliphatic hydroxyl groups is 1. The first-order chi connectivity index (χ1) is 11.3. The van der Waals surface area contributed by atoms with Crippen molar-refractivity contribution in [2.24, 2.45) is 0 Å². The Kier molecular flexibility index (Phi) is 5.57. The normalized spacial score (nSPS) is 15.0. The lowest BCUT2D eigenvalue weighted by Crippen LogP contribution is -2.37. The zero-order chi connectivity index (χ0) is 17.9. The minimum Gasteiger partial charge on any atom is -0.497 e. The van der Waals surface area contributed by atoms with Crippen LogP contribution in [0.25, 0.3) is 0 Å². The van der Waals surface area contributed by atoms with Gasteiger partial charge in [0.05, 0.1) is 14.2 Å². The van der Waals surface area contributed by atoms with Crippen molar-refractivity contribution in [1.82, 2.24) is 5.32 Å². The molecule has 5 heteroatoms. The van der Waals surface area contributed by atoms with Gasteiger partial charge in [0.25, 0.3) is 0 Å². The van der Waals surface area contributed by atoms with Crippen LogP contribution in [0.3, 0.4) is 0 Å². The standard InChI is InChI=1S/C19H27NO4/c1-12-9-17(14(3)24-12)19(4,21)11-20-13(2)16-8-7-15(22-5)10-18(16)23-6/h7-10,13,20-21H,11H2,1-6H3. The average molecular weight is 333 g/mol. The number of furan rings is 1. The Labute approximate surface area is 143 Å². The highest BCUT2D eigenvalue weighted by Crippen LogP contribution is 2.31. The maximum atomic E-state index is 10.8. The average Bonchev–Trinajstić information content (AvgIpc) is 2.91. The highest BCUT2D eigenvalue weighted by Gasteiger charge is 2.28. The lowest BCUT2D eigenvalue weighted by atomic mass is 9.95. The Bertz CT molecular complexity index is 691. The molecule has 2 N–H and O–H groups in total. The Morgan fingerprint density at radius 2 is 1.92 bits per heavy atom. The first kappa shape index (κ1) is 18.4. The molecule has 0 saturated heterocycles. The molecule has 5 nitrogen and oxygen atoms in total. The lowest BCUT2D eigenvalue weighted by Gasteiger charge is -2.26. The van der Waals surface area contributed by atoms with Crippen LogP contribution in [0.4, 0.5) is 0 Å². The predicted molar refractivity (Wildman–Crippen MR) is 93.7 cm³/mol. The zero-order valence-electron chi connectivity index (χ0n) is 15.3. The maximum Gasteiger partial charge on any atom is 0.127 e. The van der Waals surface area contributed by atoms with Crippen molar-refractivity contribution >= 4 is 0 Å². The molecule has 2 unspecified atom stereocenters. The van der Waals surface area contributed by atoms with Gasteiger partial charge in [-0.3, -0.25) is 0 Å². The first-order valence-corrected chi connectivity index (χ1v) is 8.03. The van der Waals surface area contributed by atoms with Gasteiger partial charge in [0.2, 0.25) is 0 Å². The van der Waals surface area contributed by atoms with E-state index in [1.165, 1.54) is 0 Å². The third-order valence-corrected chi connectivity index (χ3v) is 4.28. The van der Waals surface area contributed by atoms with E-state index in [4.69, 9.17) is 13.9 Å². The van der Waals surface area contributed by atoms with Gasteiger partial charge in [0.15, 0.2) is 0 Å². The predicted octanol–water partition coefficient (Wildman–Crippen LogP) is 3.47. The van der Waals surface area contributed by atoms with Gasteiger partial charge in [-0.15, -0.1) is 0 Å². The molecule has 1 aromatic carbocycles. The Balaban J connectivity index is 2.12. The van der Waals surface area contributed by atoms with Crippen LogP contribution < -0.4 is 14.8 Å². The van der Waals surface area contributed by atoms with E-state index in [-0.39, 0.29) is 6.04 Å². The van der Waals surface area contributed by atoms with Crippen LogP contribution in [0, 0.1) is 13.8 Å². The number of ether oxygens (including phenoxy) is 2. The van der Waals surface area contributed by atoms with Crippen molar-refractivity contribution in [2.75, 3.05) is 20.8 Å². The summed E-state index contributed by atoms with van der Waals surface area (Å²) < 4.78 is 16.2. The van der Waals surface area contributed by atoms with Crippen molar-refractivity contribution in [3.8, 4) is 11.5 Å². The molecule has 1 aromatic heterocycles. The van der Waals surface area contributed by atoms with Gasteiger partial charge in [-0.2, -0.15) is 0 Å². The van der Waals surface area contributed by atoms with Gasteiger partial charge < -0.3 is 24.3 Å². The summed E-state index contributed by atoms with van der Waals surface area (Å²) in [6.07, 6.45) is 0. The molecule has 0 aliphatic rings.